The van der Waals surface area contributed by atoms with Gasteiger partial charge in [-0.15, -0.1) is 12.4 Å². The van der Waals surface area contributed by atoms with Crippen LogP contribution in [0.25, 0.3) is 0 Å². The second kappa shape index (κ2) is 9.79. The molecule has 1 aliphatic rings. The van der Waals surface area contributed by atoms with E-state index in [1.54, 1.807) is 16.9 Å². The number of hydrogen-bond donors (Lipinski definition) is 2. The fourth-order valence-electron chi connectivity index (χ4n) is 2.01. The number of carbonyl (C=O) groups excluding carboxylic acids is 2. The van der Waals surface area contributed by atoms with Crippen LogP contribution in [-0.2, 0) is 9.53 Å². The minimum Gasteiger partial charge on any atom is -0.380 e. The van der Waals surface area contributed by atoms with E-state index in [-0.39, 0.29) is 30.4 Å². The summed E-state index contributed by atoms with van der Waals surface area (Å²) in [7, 11) is 1.55. The fraction of sp³-hybridized carbons (Fsp3) is 0.833. The Morgan fingerprint density at radius 2 is 1.80 bits per heavy atom. The molecule has 0 aliphatic carbocycles. The quantitative estimate of drug-likeness (QED) is 0.726. The smallest absolute Gasteiger partial charge is 0.317 e. The number of nitrogens with two attached hydrogens (primary N) is 1. The zero-order valence-electron chi connectivity index (χ0n) is 12.1. The van der Waals surface area contributed by atoms with Crippen molar-refractivity contribution in [1.82, 2.24) is 15.1 Å². The first-order chi connectivity index (χ1) is 9.12. The summed E-state index contributed by atoms with van der Waals surface area (Å²) in [5.74, 6) is 0.0350. The van der Waals surface area contributed by atoms with Gasteiger partial charge in [0, 0.05) is 46.4 Å². The number of carbonyl (C=O) groups is 2. The number of nitrogens with one attached hydrogen (secondary N) is 1. The lowest BCUT2D eigenvalue weighted by Gasteiger charge is -2.35. The Morgan fingerprint density at radius 1 is 1.25 bits per heavy atom. The van der Waals surface area contributed by atoms with Crippen LogP contribution in [0.1, 0.15) is 13.3 Å². The number of ether oxygens (including phenoxy) is 1. The van der Waals surface area contributed by atoms with Gasteiger partial charge in [0.15, 0.2) is 0 Å². The van der Waals surface area contributed by atoms with Gasteiger partial charge in [0.2, 0.25) is 5.91 Å². The minimum atomic E-state index is -0.228. The van der Waals surface area contributed by atoms with E-state index < -0.39 is 0 Å². The molecule has 3 N–H and O–H groups in total. The molecular weight excluding hydrogens is 284 g/mol. The maximum absolute atomic E-state index is 12.0. The summed E-state index contributed by atoms with van der Waals surface area (Å²) >= 11 is 0. The van der Waals surface area contributed by atoms with Crippen LogP contribution in [-0.4, -0.2) is 74.2 Å². The van der Waals surface area contributed by atoms with Crippen LogP contribution in [0.5, 0.6) is 0 Å². The molecule has 1 unspecified atom stereocenters. The molecule has 8 heteroatoms. The van der Waals surface area contributed by atoms with E-state index in [4.69, 9.17) is 10.5 Å². The Morgan fingerprint density at radius 3 is 2.25 bits per heavy atom. The van der Waals surface area contributed by atoms with Crippen molar-refractivity contribution < 1.29 is 14.3 Å². The summed E-state index contributed by atoms with van der Waals surface area (Å²) in [4.78, 5) is 27.1. The monoisotopic (exact) mass is 308 g/mol. The van der Waals surface area contributed by atoms with Gasteiger partial charge in [-0.3, -0.25) is 4.79 Å². The maximum Gasteiger partial charge on any atom is 0.317 e. The molecule has 0 bridgehead atoms. The van der Waals surface area contributed by atoms with E-state index in [0.717, 1.165) is 0 Å². The molecule has 1 atom stereocenters. The Hall–Kier alpha value is -1.05. The SMILES string of the molecule is CCNC(=O)N1CCN(C(=O)CC(CN)OC)CC1.Cl. The highest BCUT2D eigenvalue weighted by Crippen LogP contribution is 2.06. The van der Waals surface area contributed by atoms with Crippen molar-refractivity contribution in [2.24, 2.45) is 5.73 Å². The molecule has 7 nitrogen and oxygen atoms in total. The van der Waals surface area contributed by atoms with Crippen LogP contribution in [0.3, 0.4) is 0 Å². The van der Waals surface area contributed by atoms with Gasteiger partial charge in [0.25, 0.3) is 0 Å². The molecule has 0 saturated carbocycles. The molecule has 118 valence electrons. The third kappa shape index (κ3) is 5.52. The van der Waals surface area contributed by atoms with Crippen molar-refractivity contribution in [3.05, 3.63) is 0 Å². The molecule has 0 aromatic heterocycles. The number of halogens is 1. The zero-order valence-corrected chi connectivity index (χ0v) is 12.9. The van der Waals surface area contributed by atoms with Crippen LogP contribution in [0.4, 0.5) is 4.79 Å². The molecule has 3 amide bonds. The topological polar surface area (TPSA) is 87.9 Å². The van der Waals surface area contributed by atoms with E-state index in [0.29, 0.717) is 45.7 Å². The highest BCUT2D eigenvalue weighted by atomic mass is 35.5. The third-order valence-electron chi connectivity index (χ3n) is 3.25. The van der Waals surface area contributed by atoms with E-state index in [9.17, 15) is 9.59 Å². The Labute approximate surface area is 126 Å². The van der Waals surface area contributed by atoms with Crippen molar-refractivity contribution in [3.8, 4) is 0 Å². The van der Waals surface area contributed by atoms with Crippen LogP contribution in [0, 0.1) is 0 Å². The molecule has 20 heavy (non-hydrogen) atoms. The predicted octanol–water partition coefficient (Wildman–Crippen LogP) is -0.354. The van der Waals surface area contributed by atoms with Crippen LogP contribution < -0.4 is 11.1 Å². The maximum atomic E-state index is 12.0. The minimum absolute atomic E-state index is 0. The zero-order chi connectivity index (χ0) is 14.3. The van der Waals surface area contributed by atoms with E-state index in [2.05, 4.69) is 5.32 Å². The molecule has 1 aliphatic heterocycles. The number of hydrogen-bond acceptors (Lipinski definition) is 4. The molecule has 1 rings (SSSR count). The van der Waals surface area contributed by atoms with Crippen molar-refractivity contribution >= 4 is 24.3 Å². The molecule has 0 aromatic carbocycles. The Bertz CT molecular complexity index is 305. The van der Waals surface area contributed by atoms with Crippen molar-refractivity contribution in [1.29, 1.82) is 0 Å². The second-order valence-electron chi connectivity index (χ2n) is 4.50. The molecule has 1 fully saturated rings. The van der Waals surface area contributed by atoms with Crippen LogP contribution in [0.2, 0.25) is 0 Å². The van der Waals surface area contributed by atoms with Crippen molar-refractivity contribution in [2.75, 3.05) is 46.4 Å². The largest absolute Gasteiger partial charge is 0.380 e. The average Bonchev–Trinajstić information content (AvgIpc) is 2.45. The molecule has 0 spiro atoms. The number of methoxy groups -OCH3 is 1. The summed E-state index contributed by atoms with van der Waals surface area (Å²) < 4.78 is 5.11. The van der Waals surface area contributed by atoms with Crippen LogP contribution in [0.15, 0.2) is 0 Å². The molecule has 0 radical (unpaired) electrons. The van der Waals surface area contributed by atoms with E-state index >= 15 is 0 Å². The van der Waals surface area contributed by atoms with Crippen molar-refractivity contribution in [3.63, 3.8) is 0 Å². The van der Waals surface area contributed by atoms with E-state index in [1.807, 2.05) is 6.92 Å². The van der Waals surface area contributed by atoms with Gasteiger partial charge >= 0.3 is 6.03 Å². The standard InChI is InChI=1S/C12H24N4O3.ClH/c1-3-14-12(18)16-6-4-15(5-7-16)11(17)8-10(9-13)19-2;/h10H,3-9,13H2,1-2H3,(H,14,18);1H. The molecule has 1 saturated heterocycles. The Kier molecular flexibility index (Phi) is 9.28. The van der Waals surface area contributed by atoms with Gasteiger partial charge in [-0.1, -0.05) is 0 Å². The number of nitrogens with zero attached hydrogens (tertiary/aromatic N) is 2. The highest BCUT2D eigenvalue weighted by Gasteiger charge is 2.25. The van der Waals surface area contributed by atoms with Gasteiger partial charge in [0.1, 0.15) is 0 Å². The van der Waals surface area contributed by atoms with Gasteiger partial charge in [-0.05, 0) is 6.92 Å². The number of piperazine rings is 1. The lowest BCUT2D eigenvalue weighted by Crippen LogP contribution is -2.53. The van der Waals surface area contributed by atoms with Gasteiger partial charge in [-0.2, -0.15) is 0 Å². The molecule has 0 aromatic rings. The van der Waals surface area contributed by atoms with Crippen LogP contribution >= 0.6 is 12.4 Å². The first kappa shape index (κ1) is 18.9. The molecule has 1 heterocycles. The van der Waals surface area contributed by atoms with E-state index in [1.165, 1.54) is 0 Å². The first-order valence-corrected chi connectivity index (χ1v) is 6.65. The Balaban J connectivity index is 0.00000361. The number of amides is 3. The molecular formula is C12H25ClN4O3. The van der Waals surface area contributed by atoms with Gasteiger partial charge in [0.05, 0.1) is 12.5 Å². The fourth-order valence-corrected chi connectivity index (χ4v) is 2.01. The lowest BCUT2D eigenvalue weighted by molar-refractivity contribution is -0.135. The number of rotatable bonds is 5. The summed E-state index contributed by atoms with van der Waals surface area (Å²) in [6.45, 7) is 5.10. The van der Waals surface area contributed by atoms with Gasteiger partial charge in [-0.25, -0.2) is 4.79 Å². The summed E-state index contributed by atoms with van der Waals surface area (Å²) in [6.07, 6.45) is 0.0719. The predicted molar refractivity (Wildman–Crippen MR) is 78.9 cm³/mol. The normalized spacial score (nSPS) is 16.4. The lowest BCUT2D eigenvalue weighted by atomic mass is 10.2. The summed E-state index contributed by atoms with van der Waals surface area (Å²) in [5.41, 5.74) is 5.50. The van der Waals surface area contributed by atoms with Gasteiger partial charge < -0.3 is 25.6 Å². The van der Waals surface area contributed by atoms with Crippen molar-refractivity contribution in [2.45, 2.75) is 19.4 Å². The highest BCUT2D eigenvalue weighted by molar-refractivity contribution is 5.85. The summed E-state index contributed by atoms with van der Waals surface area (Å²) in [5, 5.41) is 2.76. The first-order valence-electron chi connectivity index (χ1n) is 6.65. The second-order valence-corrected chi connectivity index (χ2v) is 4.50. The number of urea groups is 1. The third-order valence-corrected chi connectivity index (χ3v) is 3.25. The average molecular weight is 309 g/mol. The summed E-state index contributed by atoms with van der Waals surface area (Å²) in [6, 6.07) is -0.0636.